The van der Waals surface area contributed by atoms with E-state index in [9.17, 15) is 9.59 Å². The van der Waals surface area contributed by atoms with Crippen LogP contribution >= 0.6 is 15.9 Å². The SMILES string of the molecule is COc1cc(C(=O)OCC(=O)NC2CC2)cc(Br)c1OCc1ccccc1. The van der Waals surface area contributed by atoms with E-state index in [4.69, 9.17) is 14.2 Å². The molecule has 0 spiro atoms. The molecular weight excluding hydrogens is 414 g/mol. The maximum atomic E-state index is 12.2. The fourth-order valence-electron chi connectivity index (χ4n) is 2.42. The second-order valence-electron chi connectivity index (χ2n) is 6.18. The number of esters is 1. The summed E-state index contributed by atoms with van der Waals surface area (Å²) in [5.41, 5.74) is 1.28. The normalized spacial score (nSPS) is 13.0. The summed E-state index contributed by atoms with van der Waals surface area (Å²) in [6.45, 7) is 0.0580. The monoisotopic (exact) mass is 433 g/mol. The first-order valence-corrected chi connectivity index (χ1v) is 9.37. The fourth-order valence-corrected chi connectivity index (χ4v) is 2.98. The van der Waals surface area contributed by atoms with E-state index in [2.05, 4.69) is 21.2 Å². The van der Waals surface area contributed by atoms with Crippen molar-refractivity contribution in [1.29, 1.82) is 0 Å². The first-order chi connectivity index (χ1) is 13.1. The summed E-state index contributed by atoms with van der Waals surface area (Å²) in [6.07, 6.45) is 1.96. The molecule has 27 heavy (non-hydrogen) atoms. The molecule has 1 amide bonds. The molecule has 7 heteroatoms. The highest BCUT2D eigenvalue weighted by Crippen LogP contribution is 2.37. The lowest BCUT2D eigenvalue weighted by atomic mass is 10.2. The van der Waals surface area contributed by atoms with E-state index in [0.717, 1.165) is 18.4 Å². The number of carbonyl (C=O) groups is 2. The zero-order valence-electron chi connectivity index (χ0n) is 14.9. The van der Waals surface area contributed by atoms with E-state index >= 15 is 0 Å². The minimum Gasteiger partial charge on any atom is -0.493 e. The number of benzene rings is 2. The Hall–Kier alpha value is -2.54. The van der Waals surface area contributed by atoms with E-state index in [1.165, 1.54) is 13.2 Å². The molecule has 0 aliphatic heterocycles. The summed E-state index contributed by atoms with van der Waals surface area (Å²) in [7, 11) is 1.50. The predicted molar refractivity (Wildman–Crippen MR) is 103 cm³/mol. The molecule has 2 aromatic carbocycles. The smallest absolute Gasteiger partial charge is 0.338 e. The van der Waals surface area contributed by atoms with Crippen molar-refractivity contribution in [2.24, 2.45) is 0 Å². The highest BCUT2D eigenvalue weighted by molar-refractivity contribution is 9.10. The van der Waals surface area contributed by atoms with Crippen molar-refractivity contribution in [3.8, 4) is 11.5 Å². The lowest BCUT2D eigenvalue weighted by Gasteiger charge is -2.14. The van der Waals surface area contributed by atoms with Gasteiger partial charge in [-0.15, -0.1) is 0 Å². The maximum Gasteiger partial charge on any atom is 0.338 e. The van der Waals surface area contributed by atoms with E-state index < -0.39 is 5.97 Å². The average Bonchev–Trinajstić information content (AvgIpc) is 3.49. The van der Waals surface area contributed by atoms with Crippen molar-refractivity contribution >= 4 is 27.8 Å². The van der Waals surface area contributed by atoms with Crippen molar-refractivity contribution in [3.63, 3.8) is 0 Å². The van der Waals surface area contributed by atoms with Crippen molar-refractivity contribution in [2.45, 2.75) is 25.5 Å². The molecule has 0 bridgehead atoms. The molecule has 0 atom stereocenters. The number of methoxy groups -OCH3 is 1. The van der Waals surface area contributed by atoms with Gasteiger partial charge in [0.1, 0.15) is 6.61 Å². The Kier molecular flexibility index (Phi) is 6.34. The minimum absolute atomic E-state index is 0.228. The van der Waals surface area contributed by atoms with Gasteiger partial charge in [-0.2, -0.15) is 0 Å². The molecule has 1 aliphatic rings. The van der Waals surface area contributed by atoms with Crippen LogP contribution in [0, 0.1) is 0 Å². The molecule has 6 nitrogen and oxygen atoms in total. The van der Waals surface area contributed by atoms with Gasteiger partial charge in [0.05, 0.1) is 17.1 Å². The van der Waals surface area contributed by atoms with Gasteiger partial charge < -0.3 is 19.5 Å². The van der Waals surface area contributed by atoms with Crippen LogP contribution in [0.2, 0.25) is 0 Å². The first-order valence-electron chi connectivity index (χ1n) is 8.57. The van der Waals surface area contributed by atoms with Gasteiger partial charge in [-0.3, -0.25) is 4.79 Å². The summed E-state index contributed by atoms with van der Waals surface area (Å²) >= 11 is 3.41. The summed E-state index contributed by atoms with van der Waals surface area (Å²) in [6, 6.07) is 13.1. The zero-order chi connectivity index (χ0) is 19.2. The van der Waals surface area contributed by atoms with Gasteiger partial charge in [-0.1, -0.05) is 30.3 Å². The Labute approximate surface area is 165 Å². The third-order valence-electron chi connectivity index (χ3n) is 3.97. The molecule has 3 rings (SSSR count). The van der Waals surface area contributed by atoms with Gasteiger partial charge in [-0.25, -0.2) is 4.79 Å². The second-order valence-corrected chi connectivity index (χ2v) is 7.04. The van der Waals surface area contributed by atoms with E-state index in [1.54, 1.807) is 6.07 Å². The standard InChI is InChI=1S/C20H20BrNO5/c1-25-17-10-14(20(24)27-12-18(23)22-15-7-8-15)9-16(21)19(17)26-11-13-5-3-2-4-6-13/h2-6,9-10,15H,7-8,11-12H2,1H3,(H,22,23). The van der Waals surface area contributed by atoms with Crippen LogP contribution < -0.4 is 14.8 Å². The van der Waals surface area contributed by atoms with Crippen LogP contribution in [0.3, 0.4) is 0 Å². The van der Waals surface area contributed by atoms with Crippen molar-refractivity contribution < 1.29 is 23.8 Å². The van der Waals surface area contributed by atoms with Crippen molar-refractivity contribution in [2.75, 3.05) is 13.7 Å². The molecule has 1 fully saturated rings. The predicted octanol–water partition coefficient (Wildman–Crippen LogP) is 3.47. The van der Waals surface area contributed by atoms with Crippen LogP contribution in [-0.2, 0) is 16.1 Å². The topological polar surface area (TPSA) is 73.9 Å². The molecule has 0 aromatic heterocycles. The van der Waals surface area contributed by atoms with Crippen LogP contribution in [0.5, 0.6) is 11.5 Å². The van der Waals surface area contributed by atoms with Gasteiger partial charge in [0.25, 0.3) is 5.91 Å². The van der Waals surface area contributed by atoms with Crippen LogP contribution in [0.25, 0.3) is 0 Å². The van der Waals surface area contributed by atoms with Crippen LogP contribution in [0.15, 0.2) is 46.9 Å². The van der Waals surface area contributed by atoms with Gasteiger partial charge in [0, 0.05) is 6.04 Å². The number of nitrogens with one attached hydrogen (secondary N) is 1. The number of rotatable bonds is 8. The summed E-state index contributed by atoms with van der Waals surface area (Å²) < 4.78 is 16.8. The largest absolute Gasteiger partial charge is 0.493 e. The van der Waals surface area contributed by atoms with Gasteiger partial charge in [0.15, 0.2) is 18.1 Å². The van der Waals surface area contributed by atoms with E-state index in [-0.39, 0.29) is 24.1 Å². The molecule has 1 aliphatic carbocycles. The Morgan fingerprint density at radius 1 is 1.19 bits per heavy atom. The van der Waals surface area contributed by atoms with Gasteiger partial charge in [-0.05, 0) is 46.5 Å². The second kappa shape index (κ2) is 8.90. The van der Waals surface area contributed by atoms with Crippen molar-refractivity contribution in [3.05, 3.63) is 58.1 Å². The number of halogens is 1. The Bertz CT molecular complexity index is 821. The zero-order valence-corrected chi connectivity index (χ0v) is 16.5. The van der Waals surface area contributed by atoms with E-state index in [0.29, 0.717) is 22.6 Å². The summed E-state index contributed by atoms with van der Waals surface area (Å²) in [5.74, 6) is -0.00619. The molecule has 142 valence electrons. The summed E-state index contributed by atoms with van der Waals surface area (Å²) in [5, 5.41) is 2.77. The molecule has 0 heterocycles. The molecule has 2 aromatic rings. The number of hydrogen-bond donors (Lipinski definition) is 1. The Morgan fingerprint density at radius 3 is 2.59 bits per heavy atom. The highest BCUT2D eigenvalue weighted by Gasteiger charge is 2.24. The van der Waals surface area contributed by atoms with Crippen LogP contribution in [-0.4, -0.2) is 31.6 Å². The van der Waals surface area contributed by atoms with Gasteiger partial charge in [0.2, 0.25) is 0 Å². The Morgan fingerprint density at radius 2 is 1.93 bits per heavy atom. The third kappa shape index (κ3) is 5.47. The lowest BCUT2D eigenvalue weighted by molar-refractivity contribution is -0.124. The average molecular weight is 434 g/mol. The molecule has 0 radical (unpaired) electrons. The first kappa shape index (κ1) is 19.2. The van der Waals surface area contributed by atoms with Crippen LogP contribution in [0.1, 0.15) is 28.8 Å². The maximum absolute atomic E-state index is 12.2. The molecule has 0 unspecified atom stereocenters. The molecule has 0 saturated heterocycles. The van der Waals surface area contributed by atoms with E-state index in [1.807, 2.05) is 30.3 Å². The van der Waals surface area contributed by atoms with Crippen LogP contribution in [0.4, 0.5) is 0 Å². The summed E-state index contributed by atoms with van der Waals surface area (Å²) in [4.78, 5) is 23.9. The highest BCUT2D eigenvalue weighted by atomic mass is 79.9. The molecule has 1 N–H and O–H groups in total. The Balaban J connectivity index is 1.65. The molecule has 1 saturated carbocycles. The lowest BCUT2D eigenvalue weighted by Crippen LogP contribution is -2.30. The number of ether oxygens (including phenoxy) is 3. The number of carbonyl (C=O) groups excluding carboxylic acids is 2. The minimum atomic E-state index is -0.602. The quantitative estimate of drug-likeness (QED) is 0.645. The number of amides is 1. The third-order valence-corrected chi connectivity index (χ3v) is 4.56. The fraction of sp³-hybridized carbons (Fsp3) is 0.300. The van der Waals surface area contributed by atoms with Crippen molar-refractivity contribution in [1.82, 2.24) is 5.32 Å². The van der Waals surface area contributed by atoms with Gasteiger partial charge >= 0.3 is 5.97 Å². The number of hydrogen-bond acceptors (Lipinski definition) is 5. The molecular formula is C20H20BrNO5.